The Morgan fingerprint density at radius 3 is 2.59 bits per heavy atom. The Bertz CT molecular complexity index is 2120. The van der Waals surface area contributed by atoms with Crippen molar-refractivity contribution in [3.8, 4) is 16.9 Å². The number of hydrogen-bond acceptors (Lipinski definition) is 8. The van der Waals surface area contributed by atoms with Crippen molar-refractivity contribution in [2.24, 2.45) is 0 Å². The SMILES string of the molecule is COc1cc(F)cnc1N1CCN(C(=O)c2cc3c(-c4cccc(CO)c4C)cc(C4=CCCN(C(=O)CCn5ccnn5)C4)c(F)c3[nH]2)CC1. The molecule has 12 nitrogen and oxygen atoms in total. The van der Waals surface area contributed by atoms with Crippen molar-refractivity contribution in [2.45, 2.75) is 32.9 Å². The van der Waals surface area contributed by atoms with Gasteiger partial charge in [0.2, 0.25) is 5.91 Å². The molecule has 0 atom stereocenters. The predicted molar refractivity (Wildman–Crippen MR) is 187 cm³/mol. The monoisotopic (exact) mass is 696 g/mol. The summed E-state index contributed by atoms with van der Waals surface area (Å²) in [4.78, 5) is 39.8. The van der Waals surface area contributed by atoms with E-state index in [4.69, 9.17) is 4.74 Å². The van der Waals surface area contributed by atoms with Crippen LogP contribution in [0.2, 0.25) is 0 Å². The van der Waals surface area contributed by atoms with Crippen LogP contribution in [0.15, 0.2) is 61.1 Å². The summed E-state index contributed by atoms with van der Waals surface area (Å²) in [5.74, 6) is -0.530. The van der Waals surface area contributed by atoms with Crippen molar-refractivity contribution in [3.05, 3.63) is 95.1 Å². The first-order valence-corrected chi connectivity index (χ1v) is 16.9. The summed E-state index contributed by atoms with van der Waals surface area (Å²) in [5.41, 5.74) is 4.55. The number of aliphatic hydroxyl groups is 1. The van der Waals surface area contributed by atoms with Crippen LogP contribution in [-0.4, -0.2) is 98.1 Å². The quantitative estimate of drug-likeness (QED) is 0.229. The van der Waals surface area contributed by atoms with Crippen LogP contribution in [0.4, 0.5) is 14.6 Å². The molecule has 2 aliphatic rings. The van der Waals surface area contributed by atoms with Gasteiger partial charge in [-0.25, -0.2) is 13.8 Å². The molecule has 2 aliphatic heterocycles. The molecule has 264 valence electrons. The van der Waals surface area contributed by atoms with Crippen LogP contribution in [0.3, 0.4) is 0 Å². The van der Waals surface area contributed by atoms with Gasteiger partial charge < -0.3 is 29.5 Å². The number of aromatic nitrogens is 5. The smallest absolute Gasteiger partial charge is 0.270 e. The Morgan fingerprint density at radius 2 is 1.84 bits per heavy atom. The number of piperazine rings is 1. The number of ether oxygens (including phenoxy) is 1. The number of hydrogen-bond donors (Lipinski definition) is 2. The fourth-order valence-electron chi connectivity index (χ4n) is 6.94. The van der Waals surface area contributed by atoms with Gasteiger partial charge in [-0.1, -0.05) is 29.5 Å². The van der Waals surface area contributed by atoms with E-state index in [9.17, 15) is 19.1 Å². The van der Waals surface area contributed by atoms with Gasteiger partial charge in [0.15, 0.2) is 17.4 Å². The largest absolute Gasteiger partial charge is 0.493 e. The predicted octanol–water partition coefficient (Wildman–Crippen LogP) is 4.58. The number of fused-ring (bicyclic) bond motifs is 1. The van der Waals surface area contributed by atoms with E-state index < -0.39 is 11.6 Å². The number of carbonyl (C=O) groups excluding carboxylic acids is 2. The van der Waals surface area contributed by atoms with Gasteiger partial charge in [-0.2, -0.15) is 0 Å². The minimum atomic E-state index is -0.508. The number of benzene rings is 2. The van der Waals surface area contributed by atoms with Gasteiger partial charge in [-0.15, -0.1) is 5.10 Å². The van der Waals surface area contributed by atoms with E-state index in [0.29, 0.717) is 79.3 Å². The molecule has 14 heteroatoms. The third kappa shape index (κ3) is 6.66. The van der Waals surface area contributed by atoms with Gasteiger partial charge in [0.1, 0.15) is 11.5 Å². The van der Waals surface area contributed by atoms with E-state index in [1.807, 2.05) is 36.1 Å². The van der Waals surface area contributed by atoms with Gasteiger partial charge in [0.25, 0.3) is 5.91 Å². The number of methoxy groups -OCH3 is 1. The van der Waals surface area contributed by atoms with E-state index in [-0.39, 0.29) is 42.6 Å². The highest BCUT2D eigenvalue weighted by Crippen LogP contribution is 2.39. The summed E-state index contributed by atoms with van der Waals surface area (Å²) in [6.45, 7) is 4.52. The minimum Gasteiger partial charge on any atom is -0.493 e. The lowest BCUT2D eigenvalue weighted by Crippen LogP contribution is -2.49. The van der Waals surface area contributed by atoms with E-state index in [1.165, 1.54) is 13.2 Å². The van der Waals surface area contributed by atoms with Crippen molar-refractivity contribution in [1.29, 1.82) is 0 Å². The maximum Gasteiger partial charge on any atom is 0.270 e. The molecule has 0 radical (unpaired) electrons. The lowest BCUT2D eigenvalue weighted by molar-refractivity contribution is -0.131. The van der Waals surface area contributed by atoms with Gasteiger partial charge in [-0.3, -0.25) is 14.3 Å². The molecule has 51 heavy (non-hydrogen) atoms. The van der Waals surface area contributed by atoms with Crippen LogP contribution in [0.5, 0.6) is 5.75 Å². The number of amides is 2. The lowest BCUT2D eigenvalue weighted by Gasteiger charge is -2.35. The summed E-state index contributed by atoms with van der Waals surface area (Å²) in [6, 6.07) is 10.4. The molecule has 2 N–H and O–H groups in total. The molecule has 5 aromatic rings. The Kier molecular flexibility index (Phi) is 9.50. The number of carbonyl (C=O) groups is 2. The maximum absolute atomic E-state index is 16.7. The van der Waals surface area contributed by atoms with Gasteiger partial charge in [-0.05, 0) is 53.3 Å². The second-order valence-corrected chi connectivity index (χ2v) is 12.7. The van der Waals surface area contributed by atoms with E-state index >= 15 is 4.39 Å². The first kappa shape index (κ1) is 33.8. The molecular formula is C37H38F2N8O4. The average molecular weight is 697 g/mol. The summed E-state index contributed by atoms with van der Waals surface area (Å²) >= 11 is 0. The molecule has 0 saturated carbocycles. The second-order valence-electron chi connectivity index (χ2n) is 12.7. The number of halogens is 2. The van der Waals surface area contributed by atoms with Crippen molar-refractivity contribution in [1.82, 2.24) is 34.8 Å². The summed E-state index contributed by atoms with van der Waals surface area (Å²) < 4.78 is 37.4. The highest BCUT2D eigenvalue weighted by Gasteiger charge is 2.29. The topological polar surface area (TPSA) is 133 Å². The van der Waals surface area contributed by atoms with Crippen LogP contribution < -0.4 is 9.64 Å². The Hall–Kier alpha value is -5.63. The molecule has 3 aromatic heterocycles. The number of H-pyrrole nitrogens is 1. The molecule has 5 heterocycles. The standard InChI is InChI=1S/C37H38F2N8O4/c1-23-25(22-48)5-3-7-27(23)29-18-28(24-6-4-10-46(21-24)33(49)8-11-47-12-9-41-43-47)34(39)35-30(29)19-31(42-35)37(50)45-15-13-44(14-16-45)36-32(51-2)17-26(38)20-40-36/h3,5-7,9,12,17-20,42,48H,4,8,10-11,13-16,21-22H2,1-2H3. The van der Waals surface area contributed by atoms with Crippen LogP contribution >= 0.6 is 0 Å². The zero-order valence-corrected chi connectivity index (χ0v) is 28.4. The molecule has 1 fully saturated rings. The number of aryl methyl sites for hydroxylation is 1. The number of pyridine rings is 1. The van der Waals surface area contributed by atoms with Gasteiger partial charge in [0.05, 0.1) is 38.2 Å². The third-order valence-corrected chi connectivity index (χ3v) is 9.75. The molecule has 0 spiro atoms. The summed E-state index contributed by atoms with van der Waals surface area (Å²) in [6.07, 6.45) is 7.17. The van der Waals surface area contributed by atoms with E-state index in [0.717, 1.165) is 22.9 Å². The third-order valence-electron chi connectivity index (χ3n) is 9.75. The molecule has 1 saturated heterocycles. The normalized spacial score (nSPS) is 15.0. The van der Waals surface area contributed by atoms with Gasteiger partial charge in [0, 0.05) is 68.9 Å². The highest BCUT2D eigenvalue weighted by molar-refractivity contribution is 6.05. The van der Waals surface area contributed by atoms with Crippen LogP contribution in [0.1, 0.15) is 40.0 Å². The first-order valence-electron chi connectivity index (χ1n) is 16.9. The molecular weight excluding hydrogens is 658 g/mol. The maximum atomic E-state index is 16.7. The van der Waals surface area contributed by atoms with Crippen molar-refractivity contribution in [2.75, 3.05) is 51.3 Å². The fraction of sp³-hybridized carbons (Fsp3) is 0.324. The number of anilines is 1. The zero-order valence-electron chi connectivity index (χ0n) is 28.4. The van der Waals surface area contributed by atoms with Crippen LogP contribution in [0, 0.1) is 18.6 Å². The number of rotatable bonds is 9. The number of nitrogens with one attached hydrogen (secondary N) is 1. The van der Waals surface area contributed by atoms with Gasteiger partial charge >= 0.3 is 0 Å². The van der Waals surface area contributed by atoms with E-state index in [2.05, 4.69) is 20.3 Å². The van der Waals surface area contributed by atoms with Crippen LogP contribution in [0.25, 0.3) is 27.6 Å². The number of aliphatic hydroxyl groups excluding tert-OH is 1. The average Bonchev–Trinajstić information content (AvgIpc) is 3.86. The molecule has 0 unspecified atom stereocenters. The number of aromatic amines is 1. The molecule has 0 bridgehead atoms. The molecule has 0 aliphatic carbocycles. The molecule has 7 rings (SSSR count). The highest BCUT2D eigenvalue weighted by atomic mass is 19.1. The fourth-order valence-corrected chi connectivity index (χ4v) is 6.94. The molecule has 2 aromatic carbocycles. The summed E-state index contributed by atoms with van der Waals surface area (Å²) in [5, 5.41) is 18.3. The van der Waals surface area contributed by atoms with Crippen molar-refractivity contribution < 1.29 is 28.2 Å². The Morgan fingerprint density at radius 1 is 1.02 bits per heavy atom. The lowest BCUT2D eigenvalue weighted by atomic mass is 9.90. The first-order chi connectivity index (χ1) is 24.7. The summed E-state index contributed by atoms with van der Waals surface area (Å²) in [7, 11) is 1.46. The Labute approximate surface area is 292 Å². The zero-order chi connectivity index (χ0) is 35.6. The molecule has 2 amide bonds. The minimum absolute atomic E-state index is 0.0641. The van der Waals surface area contributed by atoms with Crippen LogP contribution in [-0.2, 0) is 17.9 Å². The number of nitrogens with zero attached hydrogens (tertiary/aromatic N) is 7. The van der Waals surface area contributed by atoms with E-state index in [1.54, 1.807) is 39.0 Å². The van der Waals surface area contributed by atoms with Crippen molar-refractivity contribution >= 4 is 34.1 Å². The Balaban J connectivity index is 1.20. The van der Waals surface area contributed by atoms with Crippen molar-refractivity contribution in [3.63, 3.8) is 0 Å². The second kappa shape index (κ2) is 14.3.